The maximum Gasteiger partial charge on any atom is 0.205 e. The van der Waals surface area contributed by atoms with Crippen LogP contribution in [0.5, 0.6) is 0 Å². The molecule has 0 saturated carbocycles. The van der Waals surface area contributed by atoms with E-state index in [1.54, 1.807) is 12.1 Å². The number of carbonyl (C=O) groups is 1. The molecule has 2 aromatic rings. The second-order valence-corrected chi connectivity index (χ2v) is 7.73. The highest BCUT2D eigenvalue weighted by Gasteiger charge is 2.41. The van der Waals surface area contributed by atoms with Gasteiger partial charge in [0, 0.05) is 18.4 Å². The van der Waals surface area contributed by atoms with E-state index in [9.17, 15) is 14.4 Å². The Kier molecular flexibility index (Phi) is 4.78. The number of carbonyl (C=O) groups excluding carboxylic acids is 1. The molecule has 6 heteroatoms. The molecule has 0 amide bonds. The minimum absolute atomic E-state index is 0.00629. The number of nitrogens with two attached hydrogens (primary N) is 1. The molecule has 140 valence electrons. The topological polar surface area (TPSA) is 76.1 Å². The molecule has 0 saturated heterocycles. The highest BCUT2D eigenvalue weighted by molar-refractivity contribution is 9.10. The molecule has 2 N–H and O–H groups in total. The third kappa shape index (κ3) is 3.12. The summed E-state index contributed by atoms with van der Waals surface area (Å²) < 4.78 is 19.7. The summed E-state index contributed by atoms with van der Waals surface area (Å²) >= 11 is 3.18. The van der Waals surface area contributed by atoms with Gasteiger partial charge in [-0.3, -0.25) is 4.79 Å². The van der Waals surface area contributed by atoms with Crippen LogP contribution in [0.2, 0.25) is 0 Å². The minimum Gasteiger partial charge on any atom is -0.444 e. The predicted octanol–water partition coefficient (Wildman–Crippen LogP) is 4.80. The number of nitriles is 1. The lowest BCUT2D eigenvalue weighted by atomic mass is 9.73. The first-order valence-electron chi connectivity index (χ1n) is 8.83. The van der Waals surface area contributed by atoms with Crippen LogP contribution < -0.4 is 5.73 Å². The highest BCUT2D eigenvalue weighted by Crippen LogP contribution is 2.47. The third-order valence-electron chi connectivity index (χ3n) is 5.21. The first-order valence-corrected chi connectivity index (χ1v) is 9.62. The van der Waals surface area contributed by atoms with Gasteiger partial charge in [-0.1, -0.05) is 36.4 Å². The molecule has 2 aromatic carbocycles. The fraction of sp³-hybridized carbons (Fsp3) is 0.182. The summed E-state index contributed by atoms with van der Waals surface area (Å²) in [6.07, 6.45) is 0.840. The van der Waals surface area contributed by atoms with E-state index in [2.05, 4.69) is 22.0 Å². The van der Waals surface area contributed by atoms with E-state index in [4.69, 9.17) is 10.5 Å². The summed E-state index contributed by atoms with van der Waals surface area (Å²) in [4.78, 5) is 13.1. The largest absolute Gasteiger partial charge is 0.444 e. The van der Waals surface area contributed by atoms with Crippen molar-refractivity contribution in [2.75, 3.05) is 0 Å². The van der Waals surface area contributed by atoms with Gasteiger partial charge in [0.05, 0.1) is 10.4 Å². The number of halogens is 2. The Bertz CT molecular complexity index is 1070. The first kappa shape index (κ1) is 18.5. The summed E-state index contributed by atoms with van der Waals surface area (Å²) in [6.45, 7) is 0. The molecule has 0 radical (unpaired) electrons. The Balaban J connectivity index is 1.81. The average Bonchev–Trinajstić information content (AvgIpc) is 2.69. The van der Waals surface area contributed by atoms with Crippen LogP contribution >= 0.6 is 15.9 Å². The molecule has 0 spiro atoms. The van der Waals surface area contributed by atoms with E-state index in [0.29, 0.717) is 29.7 Å². The zero-order valence-electron chi connectivity index (χ0n) is 14.8. The molecule has 1 aliphatic heterocycles. The van der Waals surface area contributed by atoms with Crippen molar-refractivity contribution < 1.29 is 13.9 Å². The van der Waals surface area contributed by atoms with Crippen molar-refractivity contribution in [1.29, 1.82) is 5.26 Å². The molecule has 0 fully saturated rings. The second-order valence-electron chi connectivity index (χ2n) is 6.87. The van der Waals surface area contributed by atoms with Gasteiger partial charge in [-0.2, -0.15) is 5.26 Å². The molecule has 2 atom stereocenters. The number of rotatable bonds is 2. The summed E-state index contributed by atoms with van der Waals surface area (Å²) in [7, 11) is 0. The number of allylic oxidation sites excluding steroid dienone is 3. The van der Waals surface area contributed by atoms with Crippen molar-refractivity contribution >= 4 is 21.7 Å². The van der Waals surface area contributed by atoms with Gasteiger partial charge < -0.3 is 10.5 Å². The van der Waals surface area contributed by atoms with Crippen molar-refractivity contribution in [3.05, 3.63) is 92.7 Å². The van der Waals surface area contributed by atoms with Crippen molar-refractivity contribution in [3.63, 3.8) is 0 Å². The number of ketones is 1. The number of hydrogen-bond acceptors (Lipinski definition) is 4. The smallest absolute Gasteiger partial charge is 0.205 e. The van der Waals surface area contributed by atoms with Crippen LogP contribution in [0.15, 0.2) is 75.8 Å². The Hall–Kier alpha value is -2.91. The molecule has 4 rings (SSSR count). The van der Waals surface area contributed by atoms with E-state index in [1.165, 1.54) is 6.07 Å². The van der Waals surface area contributed by atoms with Crippen molar-refractivity contribution in [3.8, 4) is 6.07 Å². The second kappa shape index (κ2) is 7.25. The van der Waals surface area contributed by atoms with E-state index >= 15 is 0 Å². The molecular weight excluding hydrogens is 423 g/mol. The Labute approximate surface area is 170 Å². The van der Waals surface area contributed by atoms with Gasteiger partial charge in [-0.25, -0.2) is 4.39 Å². The summed E-state index contributed by atoms with van der Waals surface area (Å²) in [5.74, 6) is -0.681. The minimum atomic E-state index is -0.658. The summed E-state index contributed by atoms with van der Waals surface area (Å²) in [5, 5.41) is 9.64. The molecule has 1 aliphatic carbocycles. The van der Waals surface area contributed by atoms with E-state index in [1.807, 2.05) is 30.3 Å². The molecule has 0 aromatic heterocycles. The van der Waals surface area contributed by atoms with E-state index in [0.717, 1.165) is 5.56 Å². The molecule has 4 nitrogen and oxygen atoms in total. The number of benzene rings is 2. The Morgan fingerprint density at radius 1 is 1.14 bits per heavy atom. The zero-order chi connectivity index (χ0) is 19.8. The standard InChI is InChI=1S/C22H16BrFN2O2/c23-16-8-13(6-7-17(16)24)20-15(11-25)22(26)28-19-10-14(9-18(27)21(19)20)12-4-2-1-3-5-12/h1-8,14,20H,9-10,26H2/t14-,20+/m1/s1. The molecule has 0 bridgehead atoms. The van der Waals surface area contributed by atoms with Crippen LogP contribution in [-0.2, 0) is 9.53 Å². The van der Waals surface area contributed by atoms with Gasteiger partial charge in [0.25, 0.3) is 0 Å². The maximum absolute atomic E-state index is 13.7. The number of hydrogen-bond donors (Lipinski definition) is 1. The number of nitrogens with zero attached hydrogens (tertiary/aromatic N) is 1. The van der Waals surface area contributed by atoms with Gasteiger partial charge in [-0.15, -0.1) is 0 Å². The van der Waals surface area contributed by atoms with Crippen molar-refractivity contribution in [2.45, 2.75) is 24.7 Å². The monoisotopic (exact) mass is 438 g/mol. The average molecular weight is 439 g/mol. The third-order valence-corrected chi connectivity index (χ3v) is 5.82. The van der Waals surface area contributed by atoms with E-state index in [-0.39, 0.29) is 27.6 Å². The molecule has 1 heterocycles. The first-order chi connectivity index (χ1) is 13.5. The van der Waals surface area contributed by atoms with Crippen molar-refractivity contribution in [1.82, 2.24) is 0 Å². The number of ether oxygens (including phenoxy) is 1. The van der Waals surface area contributed by atoms with Crippen LogP contribution in [0.3, 0.4) is 0 Å². The fourth-order valence-corrected chi connectivity index (χ4v) is 4.29. The van der Waals surface area contributed by atoms with Crippen molar-refractivity contribution in [2.24, 2.45) is 5.73 Å². The lowest BCUT2D eigenvalue weighted by Gasteiger charge is -2.34. The lowest BCUT2D eigenvalue weighted by Crippen LogP contribution is -2.29. The van der Waals surface area contributed by atoms with Gasteiger partial charge in [0.2, 0.25) is 5.88 Å². The molecule has 2 aliphatic rings. The zero-order valence-corrected chi connectivity index (χ0v) is 16.4. The molecule has 28 heavy (non-hydrogen) atoms. The number of Topliss-reactive ketones (excluding diaryl/α,β-unsaturated/α-hetero) is 1. The fourth-order valence-electron chi connectivity index (χ4n) is 3.89. The SMILES string of the molecule is N#CC1=C(N)OC2=C(C(=O)C[C@@H](c3ccccc3)C2)[C@H]1c1ccc(F)c(Br)c1. The van der Waals surface area contributed by atoms with Crippen LogP contribution in [0.1, 0.15) is 35.8 Å². The predicted molar refractivity (Wildman–Crippen MR) is 105 cm³/mol. The van der Waals surface area contributed by atoms with Crippen LogP contribution in [0, 0.1) is 17.1 Å². The van der Waals surface area contributed by atoms with Crippen LogP contribution in [-0.4, -0.2) is 5.78 Å². The normalized spacial score (nSPS) is 21.8. The quantitative estimate of drug-likeness (QED) is 0.730. The van der Waals surface area contributed by atoms with Gasteiger partial charge in [-0.05, 0) is 45.1 Å². The van der Waals surface area contributed by atoms with Crippen LogP contribution in [0.4, 0.5) is 4.39 Å². The highest BCUT2D eigenvalue weighted by atomic mass is 79.9. The molecule has 0 unspecified atom stereocenters. The Morgan fingerprint density at radius 3 is 2.57 bits per heavy atom. The van der Waals surface area contributed by atoms with Gasteiger partial charge in [0.15, 0.2) is 5.78 Å². The van der Waals surface area contributed by atoms with Gasteiger partial charge in [0.1, 0.15) is 23.2 Å². The Morgan fingerprint density at radius 2 is 1.89 bits per heavy atom. The molecular formula is C22H16BrFN2O2. The maximum atomic E-state index is 13.7. The summed E-state index contributed by atoms with van der Waals surface area (Å²) in [6, 6.07) is 16.3. The van der Waals surface area contributed by atoms with Crippen LogP contribution in [0.25, 0.3) is 0 Å². The lowest BCUT2D eigenvalue weighted by molar-refractivity contribution is -0.117. The summed E-state index contributed by atoms with van der Waals surface area (Å²) in [5.41, 5.74) is 8.31. The van der Waals surface area contributed by atoms with E-state index < -0.39 is 11.7 Å². The van der Waals surface area contributed by atoms with Gasteiger partial charge >= 0.3 is 0 Å².